The molecule has 0 atom stereocenters. The van der Waals surface area contributed by atoms with E-state index in [1.165, 1.54) is 0 Å². The van der Waals surface area contributed by atoms with E-state index in [1.54, 1.807) is 12.1 Å². The molecular weight excluding hydrogens is 401 g/mol. The number of benzene rings is 4. The van der Waals surface area contributed by atoms with Crippen LogP contribution in [-0.2, 0) is 5.54 Å². The van der Waals surface area contributed by atoms with Gasteiger partial charge in [0.05, 0.1) is 5.52 Å². The second-order valence-electron chi connectivity index (χ2n) is 7.40. The minimum atomic E-state index is -1.90. The zero-order valence-corrected chi connectivity index (χ0v) is 17.1. The monoisotopic (exact) mass is 421 g/mol. The van der Waals surface area contributed by atoms with Crippen molar-refractivity contribution in [2.24, 2.45) is 0 Å². The van der Waals surface area contributed by atoms with E-state index in [1.807, 2.05) is 65.3 Å². The van der Waals surface area contributed by atoms with E-state index in [9.17, 15) is 0 Å². The lowest BCUT2D eigenvalue weighted by Crippen LogP contribution is -2.38. The number of nitrogens with zero attached hydrogens (tertiary/aromatic N) is 3. The van der Waals surface area contributed by atoms with Gasteiger partial charge in [-0.2, -0.15) is 0 Å². The van der Waals surface area contributed by atoms with Crippen molar-refractivity contribution < 1.29 is 14.7 Å². The molecule has 5 rings (SSSR count). The standard InChI is InChI=1S/C25H20BN3O3/c30-26(31)32-22-16-17-24-23(18-22)27-28-29(24)25(19-10-4-1-5-11-19,20-12-6-2-7-13-20)21-14-8-3-9-15-21/h1-18,30-31H. The van der Waals surface area contributed by atoms with Crippen LogP contribution in [0.4, 0.5) is 0 Å². The molecule has 0 unspecified atom stereocenters. The first-order valence-corrected chi connectivity index (χ1v) is 10.2. The fourth-order valence-corrected chi connectivity index (χ4v) is 4.25. The highest BCUT2D eigenvalue weighted by atomic mass is 16.6. The third-order valence-corrected chi connectivity index (χ3v) is 5.55. The van der Waals surface area contributed by atoms with Crippen molar-refractivity contribution in [2.75, 3.05) is 0 Å². The minimum Gasteiger partial charge on any atom is -0.512 e. The summed E-state index contributed by atoms with van der Waals surface area (Å²) in [6, 6.07) is 35.8. The molecule has 0 aliphatic carbocycles. The number of hydrogen-bond acceptors (Lipinski definition) is 5. The Morgan fingerprint density at radius 3 is 1.66 bits per heavy atom. The Morgan fingerprint density at radius 1 is 0.688 bits per heavy atom. The van der Waals surface area contributed by atoms with Gasteiger partial charge in [0.2, 0.25) is 0 Å². The molecule has 0 spiro atoms. The van der Waals surface area contributed by atoms with Crippen molar-refractivity contribution >= 4 is 18.4 Å². The molecule has 0 aliphatic rings. The van der Waals surface area contributed by atoms with Crippen LogP contribution < -0.4 is 4.65 Å². The summed E-state index contributed by atoms with van der Waals surface area (Å²) in [6.45, 7) is 0. The van der Waals surface area contributed by atoms with Crippen molar-refractivity contribution in [3.8, 4) is 5.75 Å². The molecule has 0 saturated heterocycles. The Morgan fingerprint density at radius 2 is 1.19 bits per heavy atom. The Kier molecular flexibility index (Phi) is 5.19. The molecule has 1 heterocycles. The van der Waals surface area contributed by atoms with Crippen LogP contribution in [0.2, 0.25) is 0 Å². The molecule has 4 aromatic carbocycles. The van der Waals surface area contributed by atoms with Crippen LogP contribution in [0.1, 0.15) is 16.7 Å². The lowest BCUT2D eigenvalue weighted by Gasteiger charge is -2.36. The molecule has 156 valence electrons. The highest BCUT2D eigenvalue weighted by Crippen LogP contribution is 2.41. The van der Waals surface area contributed by atoms with Gasteiger partial charge in [0, 0.05) is 6.07 Å². The van der Waals surface area contributed by atoms with Crippen LogP contribution in [0, 0.1) is 0 Å². The summed E-state index contributed by atoms with van der Waals surface area (Å²) in [5.74, 6) is 0.296. The van der Waals surface area contributed by atoms with E-state index < -0.39 is 12.9 Å². The first kappa shape index (κ1) is 20.0. The van der Waals surface area contributed by atoms with E-state index in [2.05, 4.69) is 46.7 Å². The normalized spacial score (nSPS) is 11.4. The summed E-state index contributed by atoms with van der Waals surface area (Å²) in [7, 11) is -1.90. The molecule has 2 N–H and O–H groups in total. The van der Waals surface area contributed by atoms with Crippen LogP contribution >= 0.6 is 0 Å². The van der Waals surface area contributed by atoms with Crippen molar-refractivity contribution in [1.29, 1.82) is 0 Å². The van der Waals surface area contributed by atoms with Crippen molar-refractivity contribution in [3.63, 3.8) is 0 Å². The van der Waals surface area contributed by atoms with Gasteiger partial charge < -0.3 is 14.7 Å². The van der Waals surface area contributed by atoms with Crippen molar-refractivity contribution in [2.45, 2.75) is 5.54 Å². The van der Waals surface area contributed by atoms with Gasteiger partial charge in [-0.15, -0.1) is 5.10 Å². The van der Waals surface area contributed by atoms with Crippen LogP contribution in [0.25, 0.3) is 11.0 Å². The largest absolute Gasteiger partial charge is 0.707 e. The third kappa shape index (κ3) is 3.34. The van der Waals surface area contributed by atoms with E-state index >= 15 is 0 Å². The van der Waals surface area contributed by atoms with Gasteiger partial charge in [-0.1, -0.05) is 96.2 Å². The average Bonchev–Trinajstić information content (AvgIpc) is 3.25. The first-order valence-electron chi connectivity index (χ1n) is 10.2. The third-order valence-electron chi connectivity index (χ3n) is 5.55. The average molecular weight is 421 g/mol. The maximum absolute atomic E-state index is 9.15. The van der Waals surface area contributed by atoms with E-state index in [0.717, 1.165) is 22.2 Å². The molecule has 5 aromatic rings. The topological polar surface area (TPSA) is 80.4 Å². The molecule has 0 bridgehead atoms. The summed E-state index contributed by atoms with van der Waals surface area (Å²) >= 11 is 0. The maximum Gasteiger partial charge on any atom is 0.707 e. The summed E-state index contributed by atoms with van der Waals surface area (Å²) in [5.41, 5.74) is 3.69. The second kappa shape index (κ2) is 8.30. The van der Waals surface area contributed by atoms with Gasteiger partial charge in [0.1, 0.15) is 16.8 Å². The zero-order valence-electron chi connectivity index (χ0n) is 17.1. The van der Waals surface area contributed by atoms with E-state index in [0.29, 0.717) is 11.3 Å². The van der Waals surface area contributed by atoms with Gasteiger partial charge in [-0.05, 0) is 28.8 Å². The Bertz CT molecular complexity index is 1230. The van der Waals surface area contributed by atoms with Crippen molar-refractivity contribution in [1.82, 2.24) is 15.0 Å². The summed E-state index contributed by atoms with van der Waals surface area (Å²) in [5, 5.41) is 27.3. The molecular formula is C25H20BN3O3. The highest BCUT2D eigenvalue weighted by molar-refractivity contribution is 6.33. The van der Waals surface area contributed by atoms with Crippen LogP contribution in [0.5, 0.6) is 5.75 Å². The molecule has 7 heteroatoms. The first-order chi connectivity index (χ1) is 15.7. The fourth-order valence-electron chi connectivity index (χ4n) is 4.25. The Balaban J connectivity index is 1.85. The summed E-state index contributed by atoms with van der Waals surface area (Å²) < 4.78 is 6.92. The number of aromatic nitrogens is 3. The number of rotatable bonds is 6. The minimum absolute atomic E-state index is 0.296. The zero-order chi connectivity index (χ0) is 22.0. The maximum atomic E-state index is 9.15. The van der Waals surface area contributed by atoms with Gasteiger partial charge >= 0.3 is 7.32 Å². The highest BCUT2D eigenvalue weighted by Gasteiger charge is 2.40. The van der Waals surface area contributed by atoms with Crippen LogP contribution in [0.3, 0.4) is 0 Å². The lowest BCUT2D eigenvalue weighted by molar-refractivity contribution is 0.288. The number of fused-ring (bicyclic) bond motifs is 1. The van der Waals surface area contributed by atoms with E-state index in [4.69, 9.17) is 14.7 Å². The lowest BCUT2D eigenvalue weighted by atomic mass is 9.77. The molecule has 1 aromatic heterocycles. The SMILES string of the molecule is OB(O)Oc1ccc2c(c1)nnn2C(c1ccccc1)(c1ccccc1)c1ccccc1. The molecule has 0 saturated carbocycles. The van der Waals surface area contributed by atoms with Crippen LogP contribution in [-0.4, -0.2) is 32.4 Å². The smallest absolute Gasteiger partial charge is 0.512 e. The van der Waals surface area contributed by atoms with Crippen molar-refractivity contribution in [3.05, 3.63) is 126 Å². The van der Waals surface area contributed by atoms with E-state index in [-0.39, 0.29) is 0 Å². The van der Waals surface area contributed by atoms with Gasteiger partial charge in [-0.25, -0.2) is 4.68 Å². The predicted molar refractivity (Wildman–Crippen MR) is 123 cm³/mol. The second-order valence-corrected chi connectivity index (χ2v) is 7.40. The quantitative estimate of drug-likeness (QED) is 0.323. The molecule has 0 aliphatic heterocycles. The van der Waals surface area contributed by atoms with Gasteiger partial charge in [0.25, 0.3) is 0 Å². The number of hydrogen-bond donors (Lipinski definition) is 2. The molecule has 6 nitrogen and oxygen atoms in total. The Labute approximate surface area is 185 Å². The van der Waals surface area contributed by atoms with Gasteiger partial charge in [0.15, 0.2) is 0 Å². The van der Waals surface area contributed by atoms with Crippen LogP contribution in [0.15, 0.2) is 109 Å². The summed E-state index contributed by atoms with van der Waals surface area (Å²) in [6.07, 6.45) is 0. The van der Waals surface area contributed by atoms with Gasteiger partial charge in [-0.3, -0.25) is 0 Å². The predicted octanol–water partition coefficient (Wildman–Crippen LogP) is 3.62. The fraction of sp³-hybridized carbons (Fsp3) is 0.0400. The molecule has 0 radical (unpaired) electrons. The summed E-state index contributed by atoms with van der Waals surface area (Å²) in [4.78, 5) is 0. The molecule has 32 heavy (non-hydrogen) atoms. The Hall–Kier alpha value is -3.94. The molecule has 0 fully saturated rings. The molecule has 0 amide bonds.